The molecule has 0 aliphatic rings. The van der Waals surface area contributed by atoms with Crippen molar-refractivity contribution in [3.63, 3.8) is 0 Å². The molecule has 0 amide bonds. The van der Waals surface area contributed by atoms with E-state index in [1.165, 1.54) is 16.7 Å². The normalized spacial score (nSPS) is 13.4. The summed E-state index contributed by atoms with van der Waals surface area (Å²) in [5.41, 5.74) is 3.93. The molecule has 0 spiro atoms. The SMILES string of the molecule is CC(C)=CCC/C(C)=C/CC/C(C)=C\COCP(=O)(O)O. The van der Waals surface area contributed by atoms with Crippen LogP contribution in [-0.2, 0) is 9.30 Å². The Hall–Kier alpha value is -0.670. The van der Waals surface area contributed by atoms with Crippen molar-refractivity contribution in [2.45, 2.75) is 53.4 Å². The molecule has 0 fully saturated rings. The van der Waals surface area contributed by atoms with E-state index >= 15 is 0 Å². The Kier molecular flexibility index (Phi) is 10.6. The Labute approximate surface area is 128 Å². The molecular weight excluding hydrogens is 287 g/mol. The first-order chi connectivity index (χ1) is 9.70. The summed E-state index contributed by atoms with van der Waals surface area (Å²) in [6, 6.07) is 0. The van der Waals surface area contributed by atoms with Gasteiger partial charge in [0.15, 0.2) is 0 Å². The summed E-state index contributed by atoms with van der Waals surface area (Å²) < 4.78 is 15.5. The lowest BCUT2D eigenvalue weighted by atomic mass is 10.1. The molecule has 2 N–H and O–H groups in total. The van der Waals surface area contributed by atoms with E-state index in [2.05, 4.69) is 32.9 Å². The predicted octanol–water partition coefficient (Wildman–Crippen LogP) is 4.56. The van der Waals surface area contributed by atoms with Gasteiger partial charge in [-0.2, -0.15) is 0 Å². The van der Waals surface area contributed by atoms with Crippen molar-refractivity contribution in [2.24, 2.45) is 0 Å². The minimum Gasteiger partial charge on any atom is -0.365 e. The van der Waals surface area contributed by atoms with E-state index in [1.54, 1.807) is 0 Å². The van der Waals surface area contributed by atoms with E-state index in [-0.39, 0.29) is 6.61 Å². The monoisotopic (exact) mass is 316 g/mol. The summed E-state index contributed by atoms with van der Waals surface area (Å²) >= 11 is 0. The van der Waals surface area contributed by atoms with Crippen LogP contribution in [0.25, 0.3) is 0 Å². The van der Waals surface area contributed by atoms with Crippen molar-refractivity contribution >= 4 is 7.60 Å². The van der Waals surface area contributed by atoms with Gasteiger partial charge in [0.2, 0.25) is 0 Å². The maximum Gasteiger partial charge on any atom is 0.350 e. The Balaban J connectivity index is 3.88. The molecule has 0 saturated carbocycles. The number of hydrogen-bond acceptors (Lipinski definition) is 2. The molecule has 0 saturated heterocycles. The molecule has 0 aliphatic carbocycles. The summed E-state index contributed by atoms with van der Waals surface area (Å²) in [4.78, 5) is 17.3. The van der Waals surface area contributed by atoms with E-state index < -0.39 is 13.9 Å². The third kappa shape index (κ3) is 15.5. The smallest absolute Gasteiger partial charge is 0.350 e. The summed E-state index contributed by atoms with van der Waals surface area (Å²) in [6.07, 6.45) is 9.99. The largest absolute Gasteiger partial charge is 0.365 e. The van der Waals surface area contributed by atoms with Crippen molar-refractivity contribution in [3.05, 3.63) is 34.9 Å². The fourth-order valence-electron chi connectivity index (χ4n) is 1.71. The van der Waals surface area contributed by atoms with Gasteiger partial charge in [0.05, 0.1) is 6.61 Å². The summed E-state index contributed by atoms with van der Waals surface area (Å²) in [5.74, 6) is 0. The number of allylic oxidation sites excluding steroid dienone is 5. The summed E-state index contributed by atoms with van der Waals surface area (Å²) in [5, 5.41) is 0. The van der Waals surface area contributed by atoms with Gasteiger partial charge in [-0.25, -0.2) is 0 Å². The third-order valence-corrected chi connectivity index (χ3v) is 3.45. The fourth-order valence-corrected chi connectivity index (χ4v) is 2.05. The number of hydrogen-bond donors (Lipinski definition) is 2. The molecule has 122 valence electrons. The van der Waals surface area contributed by atoms with E-state index in [9.17, 15) is 4.57 Å². The average molecular weight is 316 g/mol. The van der Waals surface area contributed by atoms with Crippen LogP contribution < -0.4 is 0 Å². The van der Waals surface area contributed by atoms with Gasteiger partial charge >= 0.3 is 7.60 Å². The van der Waals surface area contributed by atoms with Gasteiger partial charge in [-0.15, -0.1) is 0 Å². The highest BCUT2D eigenvalue weighted by molar-refractivity contribution is 7.51. The lowest BCUT2D eigenvalue weighted by molar-refractivity contribution is 0.184. The average Bonchev–Trinajstić information content (AvgIpc) is 2.33. The Morgan fingerprint density at radius 1 is 0.952 bits per heavy atom. The van der Waals surface area contributed by atoms with Gasteiger partial charge in [0.25, 0.3) is 0 Å². The van der Waals surface area contributed by atoms with Crippen molar-refractivity contribution in [2.75, 3.05) is 13.0 Å². The first-order valence-corrected chi connectivity index (χ1v) is 9.07. The molecule has 0 aromatic carbocycles. The maximum absolute atomic E-state index is 10.6. The minimum atomic E-state index is -4.04. The molecular formula is C16H29O4P. The Morgan fingerprint density at radius 2 is 1.48 bits per heavy atom. The third-order valence-electron chi connectivity index (χ3n) is 2.93. The van der Waals surface area contributed by atoms with Gasteiger partial charge in [0.1, 0.15) is 6.35 Å². The highest BCUT2D eigenvalue weighted by Crippen LogP contribution is 2.33. The Bertz CT molecular complexity index is 426. The molecule has 0 atom stereocenters. The van der Waals surface area contributed by atoms with E-state index in [0.29, 0.717) is 0 Å². The standard InChI is InChI=1S/C16H29O4P/c1-14(2)7-5-8-15(3)9-6-10-16(4)11-12-20-13-21(17,18)19/h7,9,11H,5-6,8,10,12-13H2,1-4H3,(H2,17,18,19)/b15-9+,16-11-. The highest BCUT2D eigenvalue weighted by atomic mass is 31.2. The van der Waals surface area contributed by atoms with Crippen molar-refractivity contribution in [3.8, 4) is 0 Å². The zero-order valence-electron chi connectivity index (χ0n) is 13.6. The van der Waals surface area contributed by atoms with Crippen molar-refractivity contribution in [1.82, 2.24) is 0 Å². The van der Waals surface area contributed by atoms with Gasteiger partial charge in [-0.1, -0.05) is 34.9 Å². The van der Waals surface area contributed by atoms with Crippen LogP contribution in [0.3, 0.4) is 0 Å². The molecule has 0 rings (SSSR count). The van der Waals surface area contributed by atoms with Crippen LogP contribution in [0.5, 0.6) is 0 Å². The van der Waals surface area contributed by atoms with Crippen LogP contribution >= 0.6 is 7.60 Å². The van der Waals surface area contributed by atoms with Crippen LogP contribution in [0.4, 0.5) is 0 Å². The molecule has 4 nitrogen and oxygen atoms in total. The van der Waals surface area contributed by atoms with Crippen LogP contribution in [0.15, 0.2) is 34.9 Å². The molecule has 0 aromatic heterocycles. The van der Waals surface area contributed by atoms with Gasteiger partial charge in [-0.05, 0) is 53.4 Å². The second-order valence-corrected chi connectivity index (χ2v) is 7.21. The zero-order chi connectivity index (χ0) is 16.3. The lowest BCUT2D eigenvalue weighted by Gasteiger charge is -2.04. The molecule has 0 aliphatic heterocycles. The molecule has 0 unspecified atom stereocenters. The molecule has 21 heavy (non-hydrogen) atoms. The zero-order valence-corrected chi connectivity index (χ0v) is 14.5. The van der Waals surface area contributed by atoms with Crippen LogP contribution in [0.2, 0.25) is 0 Å². The molecule has 0 bridgehead atoms. The number of ether oxygens (including phenoxy) is 1. The fraction of sp³-hybridized carbons (Fsp3) is 0.625. The molecule has 0 heterocycles. The Morgan fingerprint density at radius 3 is 2.00 bits per heavy atom. The number of rotatable bonds is 10. The van der Waals surface area contributed by atoms with Crippen LogP contribution in [0.1, 0.15) is 53.4 Å². The van der Waals surface area contributed by atoms with E-state index in [1.807, 2.05) is 13.0 Å². The second-order valence-electron chi connectivity index (χ2n) is 5.62. The summed E-state index contributed by atoms with van der Waals surface area (Å²) in [6.45, 7) is 8.64. The van der Waals surface area contributed by atoms with Crippen LogP contribution in [-0.4, -0.2) is 22.7 Å². The first kappa shape index (κ1) is 20.3. The molecule has 0 aromatic rings. The van der Waals surface area contributed by atoms with E-state index in [0.717, 1.165) is 25.7 Å². The highest BCUT2D eigenvalue weighted by Gasteiger charge is 2.11. The maximum atomic E-state index is 10.6. The van der Waals surface area contributed by atoms with Crippen LogP contribution in [0, 0.1) is 0 Å². The summed E-state index contributed by atoms with van der Waals surface area (Å²) in [7, 11) is -4.04. The van der Waals surface area contributed by atoms with Gasteiger partial charge < -0.3 is 14.5 Å². The van der Waals surface area contributed by atoms with Gasteiger partial charge in [-0.3, -0.25) is 4.57 Å². The quantitative estimate of drug-likeness (QED) is 0.352. The van der Waals surface area contributed by atoms with Crippen molar-refractivity contribution < 1.29 is 19.1 Å². The molecule has 5 heteroatoms. The molecule has 0 radical (unpaired) electrons. The minimum absolute atomic E-state index is 0.250. The second kappa shape index (κ2) is 11.0. The van der Waals surface area contributed by atoms with Gasteiger partial charge in [0, 0.05) is 0 Å². The lowest BCUT2D eigenvalue weighted by Crippen LogP contribution is -1.95. The first-order valence-electron chi connectivity index (χ1n) is 7.27. The topological polar surface area (TPSA) is 66.8 Å². The van der Waals surface area contributed by atoms with Crippen molar-refractivity contribution in [1.29, 1.82) is 0 Å². The van der Waals surface area contributed by atoms with E-state index in [4.69, 9.17) is 14.5 Å². The predicted molar refractivity (Wildman–Crippen MR) is 88.3 cm³/mol.